The quantitative estimate of drug-likeness (QED) is 0.675. The van der Waals surface area contributed by atoms with Crippen LogP contribution in [-0.4, -0.2) is 12.0 Å². The first kappa shape index (κ1) is 10.9. The normalized spacial score (nSPS) is 12.9. The Bertz CT molecular complexity index is 331. The van der Waals surface area contributed by atoms with Crippen LogP contribution in [0.4, 0.5) is 4.39 Å². The first-order chi connectivity index (χ1) is 6.54. The highest BCUT2D eigenvalue weighted by Gasteiger charge is 2.23. The Labute approximate surface area is 83.9 Å². The Balaban J connectivity index is 2.95. The molecule has 1 unspecified atom stereocenters. The predicted molar refractivity (Wildman–Crippen MR) is 55.2 cm³/mol. The number of rotatable bonds is 3. The van der Waals surface area contributed by atoms with Gasteiger partial charge in [0, 0.05) is 5.56 Å². The maximum atomic E-state index is 13.4. The lowest BCUT2D eigenvalue weighted by Gasteiger charge is -2.11. The molecule has 0 aliphatic heterocycles. The lowest BCUT2D eigenvalue weighted by Crippen LogP contribution is -2.22. The SMILES string of the molecule is Cc1ccccc1C(=O)C(F)C(C)C. The molecule has 0 radical (unpaired) electrons. The van der Waals surface area contributed by atoms with E-state index in [2.05, 4.69) is 0 Å². The molecule has 1 aromatic carbocycles. The zero-order valence-electron chi connectivity index (χ0n) is 8.75. The van der Waals surface area contributed by atoms with Gasteiger partial charge in [-0.25, -0.2) is 4.39 Å². The van der Waals surface area contributed by atoms with Gasteiger partial charge in [0.05, 0.1) is 0 Å². The van der Waals surface area contributed by atoms with Crippen molar-refractivity contribution < 1.29 is 9.18 Å². The molecule has 0 bridgehead atoms. The van der Waals surface area contributed by atoms with Crippen molar-refractivity contribution in [1.29, 1.82) is 0 Å². The summed E-state index contributed by atoms with van der Waals surface area (Å²) in [7, 11) is 0. The number of halogens is 1. The van der Waals surface area contributed by atoms with Crippen molar-refractivity contribution in [1.82, 2.24) is 0 Å². The van der Waals surface area contributed by atoms with Crippen molar-refractivity contribution >= 4 is 5.78 Å². The number of carbonyl (C=O) groups is 1. The zero-order valence-corrected chi connectivity index (χ0v) is 8.75. The maximum Gasteiger partial charge on any atom is 0.197 e. The molecule has 0 amide bonds. The second-order valence-electron chi connectivity index (χ2n) is 3.82. The van der Waals surface area contributed by atoms with Gasteiger partial charge in [0.1, 0.15) is 0 Å². The summed E-state index contributed by atoms with van der Waals surface area (Å²) in [6.07, 6.45) is -1.39. The molecular formula is C12H15FO. The van der Waals surface area contributed by atoms with Gasteiger partial charge in [0.25, 0.3) is 0 Å². The third kappa shape index (κ3) is 2.19. The van der Waals surface area contributed by atoms with Crippen molar-refractivity contribution in [3.63, 3.8) is 0 Å². The van der Waals surface area contributed by atoms with Crippen molar-refractivity contribution in [3.8, 4) is 0 Å². The maximum absolute atomic E-state index is 13.4. The van der Waals surface area contributed by atoms with Crippen LogP contribution in [0.25, 0.3) is 0 Å². The van der Waals surface area contributed by atoms with Crippen LogP contribution in [0.1, 0.15) is 29.8 Å². The third-order valence-corrected chi connectivity index (χ3v) is 2.25. The zero-order chi connectivity index (χ0) is 10.7. The van der Waals surface area contributed by atoms with Gasteiger partial charge in [-0.05, 0) is 18.4 Å². The lowest BCUT2D eigenvalue weighted by molar-refractivity contribution is 0.0829. The summed E-state index contributed by atoms with van der Waals surface area (Å²) in [6, 6.07) is 7.09. The minimum Gasteiger partial charge on any atom is -0.291 e. The van der Waals surface area contributed by atoms with Crippen LogP contribution < -0.4 is 0 Å². The number of ketones is 1. The molecule has 1 aromatic rings. The molecule has 0 fully saturated rings. The fourth-order valence-corrected chi connectivity index (χ4v) is 1.30. The van der Waals surface area contributed by atoms with Gasteiger partial charge in [0.2, 0.25) is 0 Å². The Hall–Kier alpha value is -1.18. The van der Waals surface area contributed by atoms with E-state index in [0.717, 1.165) is 5.56 Å². The van der Waals surface area contributed by atoms with Crippen molar-refractivity contribution in [2.24, 2.45) is 5.92 Å². The monoisotopic (exact) mass is 194 g/mol. The summed E-state index contributed by atoms with van der Waals surface area (Å²) in [5.74, 6) is -0.666. The molecule has 0 N–H and O–H groups in total. The molecule has 2 heteroatoms. The smallest absolute Gasteiger partial charge is 0.197 e. The lowest BCUT2D eigenvalue weighted by atomic mass is 9.96. The van der Waals surface area contributed by atoms with Crippen LogP contribution in [0.15, 0.2) is 24.3 Å². The molecule has 76 valence electrons. The number of hydrogen-bond acceptors (Lipinski definition) is 1. The van der Waals surface area contributed by atoms with E-state index in [4.69, 9.17) is 0 Å². The standard InChI is InChI=1S/C12H15FO/c1-8(2)11(13)12(14)10-7-5-4-6-9(10)3/h4-8,11H,1-3H3. The van der Waals surface area contributed by atoms with Crippen LogP contribution in [0.2, 0.25) is 0 Å². The van der Waals surface area contributed by atoms with Crippen LogP contribution in [0, 0.1) is 12.8 Å². The van der Waals surface area contributed by atoms with Gasteiger partial charge >= 0.3 is 0 Å². The van der Waals surface area contributed by atoms with Gasteiger partial charge in [-0.1, -0.05) is 38.1 Å². The second kappa shape index (κ2) is 4.36. The topological polar surface area (TPSA) is 17.1 Å². The van der Waals surface area contributed by atoms with Gasteiger partial charge in [-0.15, -0.1) is 0 Å². The fraction of sp³-hybridized carbons (Fsp3) is 0.417. The molecule has 0 saturated carbocycles. The Kier molecular flexibility index (Phi) is 3.39. The molecule has 0 saturated heterocycles. The third-order valence-electron chi connectivity index (χ3n) is 2.25. The number of carbonyl (C=O) groups excluding carboxylic acids is 1. The summed E-state index contributed by atoms with van der Waals surface area (Å²) in [5, 5.41) is 0. The molecule has 0 aromatic heterocycles. The van der Waals surface area contributed by atoms with E-state index < -0.39 is 12.0 Å². The Morgan fingerprint density at radius 1 is 1.29 bits per heavy atom. The van der Waals surface area contributed by atoms with E-state index in [9.17, 15) is 9.18 Å². The van der Waals surface area contributed by atoms with E-state index in [1.807, 2.05) is 19.1 Å². The van der Waals surface area contributed by atoms with Crippen LogP contribution >= 0.6 is 0 Å². The molecular weight excluding hydrogens is 179 g/mol. The molecule has 0 heterocycles. The van der Waals surface area contributed by atoms with Crippen molar-refractivity contribution in [3.05, 3.63) is 35.4 Å². The minimum atomic E-state index is -1.39. The first-order valence-corrected chi connectivity index (χ1v) is 4.78. The Morgan fingerprint density at radius 3 is 2.36 bits per heavy atom. The number of aryl methyl sites for hydroxylation is 1. The summed E-state index contributed by atoms with van der Waals surface area (Å²) in [6.45, 7) is 5.24. The van der Waals surface area contributed by atoms with Gasteiger partial charge in [-0.2, -0.15) is 0 Å². The highest BCUT2D eigenvalue weighted by molar-refractivity contribution is 6.00. The molecule has 0 aliphatic rings. The number of Topliss-reactive ketones (excluding diaryl/α,β-unsaturated/α-hetero) is 1. The highest BCUT2D eigenvalue weighted by atomic mass is 19.1. The van der Waals surface area contributed by atoms with Gasteiger partial charge in [-0.3, -0.25) is 4.79 Å². The molecule has 1 nitrogen and oxygen atoms in total. The minimum absolute atomic E-state index is 0.262. The summed E-state index contributed by atoms with van der Waals surface area (Å²) < 4.78 is 13.4. The predicted octanol–water partition coefficient (Wildman–Crippen LogP) is 3.17. The molecule has 14 heavy (non-hydrogen) atoms. The number of hydrogen-bond donors (Lipinski definition) is 0. The van der Waals surface area contributed by atoms with E-state index in [1.165, 1.54) is 0 Å². The van der Waals surface area contributed by atoms with Gasteiger partial charge in [0.15, 0.2) is 12.0 Å². The van der Waals surface area contributed by atoms with E-state index >= 15 is 0 Å². The average molecular weight is 194 g/mol. The highest BCUT2D eigenvalue weighted by Crippen LogP contribution is 2.16. The molecule has 1 atom stereocenters. The molecule has 0 spiro atoms. The summed E-state index contributed by atoms with van der Waals surface area (Å²) >= 11 is 0. The van der Waals surface area contributed by atoms with Crippen LogP contribution in [0.5, 0.6) is 0 Å². The van der Waals surface area contributed by atoms with Crippen LogP contribution in [0.3, 0.4) is 0 Å². The number of benzene rings is 1. The van der Waals surface area contributed by atoms with E-state index in [0.29, 0.717) is 5.56 Å². The second-order valence-corrected chi connectivity index (χ2v) is 3.82. The fourth-order valence-electron chi connectivity index (χ4n) is 1.30. The molecule has 0 aliphatic carbocycles. The van der Waals surface area contributed by atoms with E-state index in [-0.39, 0.29) is 5.92 Å². The number of alkyl halides is 1. The average Bonchev–Trinajstić information content (AvgIpc) is 2.16. The molecule has 1 rings (SSSR count). The summed E-state index contributed by atoms with van der Waals surface area (Å²) in [4.78, 5) is 11.6. The van der Waals surface area contributed by atoms with E-state index in [1.54, 1.807) is 26.0 Å². The summed E-state index contributed by atoms with van der Waals surface area (Å²) in [5.41, 5.74) is 1.33. The Morgan fingerprint density at radius 2 is 1.86 bits per heavy atom. The largest absolute Gasteiger partial charge is 0.291 e. The van der Waals surface area contributed by atoms with Crippen LogP contribution in [-0.2, 0) is 0 Å². The van der Waals surface area contributed by atoms with Crippen molar-refractivity contribution in [2.75, 3.05) is 0 Å². The van der Waals surface area contributed by atoms with Gasteiger partial charge < -0.3 is 0 Å². The first-order valence-electron chi connectivity index (χ1n) is 4.78. The van der Waals surface area contributed by atoms with Crippen molar-refractivity contribution in [2.45, 2.75) is 26.9 Å².